The number of rotatable bonds is 16. The molecular formula is C54H62N2. The number of benzene rings is 3. The fourth-order valence-electron chi connectivity index (χ4n) is 7.40. The standard InChI is InChI=1S/C52H56N2.C2H6/c1-8-14-16-18-27-45-35-44(32-33-48(45)49(23-10-3)47(13-6)38(7)11-4)42-29-21-28-41(34-42)43-30-22-31-46(36-43)52-53-50(39(12-5)24-15-9-2)37-51(54-52)40-25-19-17-20-26-40;1-2/h8-12,14-25,28-37,40,47,49,52,54H,2,4,7,13,26-27H2,1,3,5-6H3;1-2H3/b14-8+,18-16-,23-10-,24-15-,39-12+;. The van der Waals surface area contributed by atoms with Crippen molar-refractivity contribution in [2.45, 2.75) is 72.9 Å². The lowest BCUT2D eigenvalue weighted by atomic mass is 9.77. The molecule has 0 saturated heterocycles. The van der Waals surface area contributed by atoms with E-state index in [1.807, 2.05) is 32.9 Å². The molecule has 2 nitrogen and oxygen atoms in total. The summed E-state index contributed by atoms with van der Waals surface area (Å²) in [4.78, 5) is 5.24. The number of hydrogen-bond donors (Lipinski definition) is 1. The van der Waals surface area contributed by atoms with Crippen molar-refractivity contribution in [3.05, 3.63) is 217 Å². The van der Waals surface area contributed by atoms with E-state index in [1.165, 1.54) is 33.5 Å². The smallest absolute Gasteiger partial charge is 0.145 e. The minimum atomic E-state index is -0.213. The first-order valence-corrected chi connectivity index (χ1v) is 20.3. The maximum atomic E-state index is 5.24. The normalized spacial score (nSPS) is 18.0. The van der Waals surface area contributed by atoms with Crippen LogP contribution in [0.2, 0.25) is 0 Å². The van der Waals surface area contributed by atoms with E-state index >= 15 is 0 Å². The van der Waals surface area contributed by atoms with Crippen LogP contribution in [0.1, 0.15) is 83.2 Å². The zero-order valence-corrected chi connectivity index (χ0v) is 34.6. The molecule has 1 aliphatic heterocycles. The second-order valence-electron chi connectivity index (χ2n) is 13.8. The molecule has 1 N–H and O–H groups in total. The summed E-state index contributed by atoms with van der Waals surface area (Å²) >= 11 is 0. The Hall–Kier alpha value is -5.73. The van der Waals surface area contributed by atoms with Crippen LogP contribution in [0.15, 0.2) is 206 Å². The first-order valence-electron chi connectivity index (χ1n) is 20.3. The Morgan fingerprint density at radius 2 is 1.61 bits per heavy atom. The van der Waals surface area contributed by atoms with E-state index in [0.29, 0.717) is 0 Å². The van der Waals surface area contributed by atoms with Gasteiger partial charge in [-0.05, 0) is 109 Å². The molecule has 1 aliphatic carbocycles. The van der Waals surface area contributed by atoms with Gasteiger partial charge >= 0.3 is 0 Å². The topological polar surface area (TPSA) is 24.4 Å². The summed E-state index contributed by atoms with van der Waals surface area (Å²) in [7, 11) is 0. The molecule has 4 atom stereocenters. The molecule has 56 heavy (non-hydrogen) atoms. The highest BCUT2D eigenvalue weighted by Crippen LogP contribution is 2.38. The quantitative estimate of drug-likeness (QED) is 0.115. The van der Waals surface area contributed by atoms with Gasteiger partial charge in [-0.15, -0.1) is 0 Å². The third kappa shape index (κ3) is 11.2. The summed E-state index contributed by atoms with van der Waals surface area (Å²) < 4.78 is 0. The van der Waals surface area contributed by atoms with E-state index < -0.39 is 0 Å². The molecule has 0 fully saturated rings. The molecule has 4 unspecified atom stereocenters. The SMILES string of the molecule is C=C/C=C\C(=C/C)C1=NC(c2cccc(-c3cccc(-c4ccc(C(/C=C\C)C(CC)C(=C)C=C)c(C/C=C\C=C\C)c4)c3)c2)NC(C2C=CC=CC2)=C1.CC. The molecule has 3 aromatic rings. The van der Waals surface area contributed by atoms with E-state index in [4.69, 9.17) is 4.99 Å². The largest absolute Gasteiger partial charge is 0.363 e. The summed E-state index contributed by atoms with van der Waals surface area (Å²) in [6.07, 6.45) is 36.5. The van der Waals surface area contributed by atoms with E-state index in [2.05, 4.69) is 192 Å². The van der Waals surface area contributed by atoms with Gasteiger partial charge in [-0.2, -0.15) is 0 Å². The van der Waals surface area contributed by atoms with Crippen LogP contribution in [0, 0.1) is 11.8 Å². The van der Waals surface area contributed by atoms with Crippen molar-refractivity contribution in [3.8, 4) is 22.3 Å². The Morgan fingerprint density at radius 3 is 2.25 bits per heavy atom. The molecule has 2 aliphatic rings. The molecule has 288 valence electrons. The number of nitrogens with one attached hydrogen (secondary N) is 1. The van der Waals surface area contributed by atoms with Crippen LogP contribution in [-0.4, -0.2) is 5.71 Å². The number of aliphatic imine (C=N–C) groups is 1. The Labute approximate surface area is 339 Å². The first-order chi connectivity index (χ1) is 27.4. The fourth-order valence-corrected chi connectivity index (χ4v) is 7.40. The summed E-state index contributed by atoms with van der Waals surface area (Å²) in [5, 5.41) is 3.79. The molecule has 3 aromatic carbocycles. The van der Waals surface area contributed by atoms with E-state index in [0.717, 1.165) is 47.2 Å². The lowest BCUT2D eigenvalue weighted by molar-refractivity contribution is 0.543. The van der Waals surface area contributed by atoms with Gasteiger partial charge in [-0.25, -0.2) is 0 Å². The highest BCUT2D eigenvalue weighted by atomic mass is 15.1. The molecule has 0 spiro atoms. The Morgan fingerprint density at radius 1 is 0.875 bits per heavy atom. The summed E-state index contributed by atoms with van der Waals surface area (Å²) in [6.45, 7) is 24.8. The van der Waals surface area contributed by atoms with Crippen molar-refractivity contribution in [2.24, 2.45) is 16.8 Å². The van der Waals surface area contributed by atoms with Crippen molar-refractivity contribution in [1.82, 2.24) is 5.32 Å². The molecule has 1 heterocycles. The molecule has 0 saturated carbocycles. The van der Waals surface area contributed by atoms with Gasteiger partial charge in [0.2, 0.25) is 0 Å². The van der Waals surface area contributed by atoms with Gasteiger partial charge in [0.15, 0.2) is 0 Å². The zero-order chi connectivity index (χ0) is 40.3. The third-order valence-electron chi connectivity index (χ3n) is 10.3. The predicted octanol–water partition coefficient (Wildman–Crippen LogP) is 14.9. The Balaban J connectivity index is 0.00000342. The van der Waals surface area contributed by atoms with Crippen molar-refractivity contribution in [1.29, 1.82) is 0 Å². The van der Waals surface area contributed by atoms with Crippen molar-refractivity contribution in [2.75, 3.05) is 0 Å². The summed E-state index contributed by atoms with van der Waals surface area (Å²) in [5.41, 5.74) is 12.8. The summed E-state index contributed by atoms with van der Waals surface area (Å²) in [5.74, 6) is 0.785. The fraction of sp³-hybridized carbons (Fsp3) is 0.241. The van der Waals surface area contributed by atoms with E-state index in [-0.39, 0.29) is 23.9 Å². The number of allylic oxidation sites excluding steroid dienone is 18. The summed E-state index contributed by atoms with van der Waals surface area (Å²) in [6, 6.07) is 24.7. The monoisotopic (exact) mass is 738 g/mol. The zero-order valence-electron chi connectivity index (χ0n) is 34.6. The van der Waals surface area contributed by atoms with Crippen LogP contribution in [0.4, 0.5) is 0 Å². The Kier molecular flexibility index (Phi) is 17.4. The van der Waals surface area contributed by atoms with Crippen LogP contribution >= 0.6 is 0 Å². The van der Waals surface area contributed by atoms with Crippen LogP contribution in [0.3, 0.4) is 0 Å². The second-order valence-corrected chi connectivity index (χ2v) is 13.8. The van der Waals surface area contributed by atoms with Gasteiger partial charge < -0.3 is 5.32 Å². The molecule has 2 heteroatoms. The second kappa shape index (κ2) is 22.6. The van der Waals surface area contributed by atoms with Gasteiger partial charge in [-0.3, -0.25) is 4.99 Å². The third-order valence-corrected chi connectivity index (χ3v) is 10.3. The molecule has 0 aromatic heterocycles. The van der Waals surface area contributed by atoms with Crippen molar-refractivity contribution in [3.63, 3.8) is 0 Å². The lowest BCUT2D eigenvalue weighted by Gasteiger charge is -2.29. The van der Waals surface area contributed by atoms with Gasteiger partial charge in [0.1, 0.15) is 6.17 Å². The average molecular weight is 739 g/mol. The first kappa shape index (κ1) is 43.0. The van der Waals surface area contributed by atoms with Crippen LogP contribution in [-0.2, 0) is 6.42 Å². The minimum absolute atomic E-state index is 0.213. The molecular weight excluding hydrogens is 677 g/mol. The molecule has 0 bridgehead atoms. The van der Waals surface area contributed by atoms with Crippen molar-refractivity contribution >= 4 is 5.71 Å². The minimum Gasteiger partial charge on any atom is -0.363 e. The predicted molar refractivity (Wildman–Crippen MR) is 248 cm³/mol. The maximum absolute atomic E-state index is 5.24. The van der Waals surface area contributed by atoms with Crippen LogP contribution < -0.4 is 5.32 Å². The van der Waals surface area contributed by atoms with Crippen LogP contribution in [0.5, 0.6) is 0 Å². The van der Waals surface area contributed by atoms with Crippen LogP contribution in [0.25, 0.3) is 22.3 Å². The number of nitrogens with zero attached hydrogens (tertiary/aromatic N) is 1. The molecule has 0 radical (unpaired) electrons. The van der Waals surface area contributed by atoms with Gasteiger partial charge in [-0.1, -0.05) is 192 Å². The van der Waals surface area contributed by atoms with Gasteiger partial charge in [0, 0.05) is 17.5 Å². The van der Waals surface area contributed by atoms with E-state index in [9.17, 15) is 0 Å². The highest BCUT2D eigenvalue weighted by molar-refractivity contribution is 6.11. The maximum Gasteiger partial charge on any atom is 0.145 e. The van der Waals surface area contributed by atoms with Gasteiger partial charge in [0.05, 0.1) is 5.71 Å². The van der Waals surface area contributed by atoms with E-state index in [1.54, 1.807) is 6.08 Å². The lowest BCUT2D eigenvalue weighted by Crippen LogP contribution is -2.29. The Bertz CT molecular complexity index is 2090. The van der Waals surface area contributed by atoms with Crippen molar-refractivity contribution < 1.29 is 0 Å². The average Bonchev–Trinajstić information content (AvgIpc) is 3.26. The highest BCUT2D eigenvalue weighted by Gasteiger charge is 2.25. The van der Waals surface area contributed by atoms with Gasteiger partial charge in [0.25, 0.3) is 0 Å². The molecule has 5 rings (SSSR count). The number of hydrogen-bond acceptors (Lipinski definition) is 2. The molecule has 0 amide bonds.